The molecule has 0 atom stereocenters. The van der Waals surface area contributed by atoms with Crippen LogP contribution in [0.4, 0.5) is 23.2 Å². The van der Waals surface area contributed by atoms with Gasteiger partial charge in [0.1, 0.15) is 10.7 Å². The number of benzene rings is 2. The van der Waals surface area contributed by atoms with E-state index >= 15 is 0 Å². The largest absolute Gasteiger partial charge is 0.322 e. The molecule has 0 unspecified atom stereocenters. The third kappa shape index (κ3) is 4.43. The first-order valence-electron chi connectivity index (χ1n) is 8.85. The van der Waals surface area contributed by atoms with Crippen molar-refractivity contribution < 1.29 is 30.8 Å². The van der Waals surface area contributed by atoms with Gasteiger partial charge in [0.05, 0.1) is 0 Å². The van der Waals surface area contributed by atoms with Gasteiger partial charge in [0, 0.05) is 36.5 Å². The first-order valence-corrected chi connectivity index (χ1v) is 10.3. The molecule has 5 nitrogen and oxygen atoms in total. The van der Waals surface area contributed by atoms with Crippen LogP contribution < -0.4 is 5.32 Å². The molecule has 0 aliphatic carbocycles. The van der Waals surface area contributed by atoms with E-state index < -0.39 is 44.1 Å². The van der Waals surface area contributed by atoms with Gasteiger partial charge in [0.25, 0.3) is 5.91 Å². The van der Waals surface area contributed by atoms with Crippen molar-refractivity contribution in [2.24, 2.45) is 5.92 Å². The normalized spacial score (nSPS) is 16.0. The van der Waals surface area contributed by atoms with E-state index in [0.29, 0.717) is 30.9 Å². The minimum atomic E-state index is -4.16. The number of sulfonamides is 1. The van der Waals surface area contributed by atoms with Gasteiger partial charge in [-0.15, -0.1) is 0 Å². The Hall–Kier alpha value is -2.46. The fraction of sp³-hybridized carbons (Fsp3) is 0.316. The number of rotatable bonds is 4. The third-order valence-electron chi connectivity index (χ3n) is 4.80. The minimum absolute atomic E-state index is 0.236. The molecular formula is C19H18F4N2O3S. The monoisotopic (exact) mass is 430 g/mol. The number of nitrogens with one attached hydrogen (secondary N) is 1. The number of piperidine rings is 1. The molecule has 1 aliphatic heterocycles. The molecule has 156 valence electrons. The average Bonchev–Trinajstić information content (AvgIpc) is 2.66. The fourth-order valence-corrected chi connectivity index (χ4v) is 4.60. The summed E-state index contributed by atoms with van der Waals surface area (Å²) in [5.74, 6) is -6.27. The Morgan fingerprint density at radius 1 is 1.00 bits per heavy atom. The molecule has 1 amide bonds. The molecule has 0 saturated carbocycles. The van der Waals surface area contributed by atoms with Gasteiger partial charge < -0.3 is 5.32 Å². The van der Waals surface area contributed by atoms with Crippen LogP contribution in [0.25, 0.3) is 0 Å². The minimum Gasteiger partial charge on any atom is -0.322 e. The summed E-state index contributed by atoms with van der Waals surface area (Å²) in [6.07, 6.45) is 1.28. The number of hydrogen-bond donors (Lipinski definition) is 1. The van der Waals surface area contributed by atoms with Crippen LogP contribution in [0.15, 0.2) is 35.2 Å². The lowest BCUT2D eigenvalue weighted by Crippen LogP contribution is -2.38. The highest BCUT2D eigenvalue weighted by molar-refractivity contribution is 7.89. The second kappa shape index (κ2) is 8.11. The summed E-state index contributed by atoms with van der Waals surface area (Å²) in [5, 5.41) is 2.13. The molecule has 10 heteroatoms. The van der Waals surface area contributed by atoms with Gasteiger partial charge in [-0.05, 0) is 37.0 Å². The van der Waals surface area contributed by atoms with E-state index in [9.17, 15) is 30.8 Å². The van der Waals surface area contributed by atoms with Gasteiger partial charge in [0.15, 0.2) is 17.5 Å². The SMILES string of the molecule is CC1CCN(S(=O)(=O)c2cc(C(=O)Nc3cc(F)c(F)c(F)c3)ccc2F)CC1. The van der Waals surface area contributed by atoms with Crippen molar-refractivity contribution >= 4 is 21.6 Å². The van der Waals surface area contributed by atoms with Gasteiger partial charge in [-0.25, -0.2) is 26.0 Å². The molecule has 1 N–H and O–H groups in total. The van der Waals surface area contributed by atoms with Gasteiger partial charge in [-0.2, -0.15) is 4.31 Å². The molecule has 2 aromatic rings. The molecular weight excluding hydrogens is 412 g/mol. The molecule has 1 fully saturated rings. The van der Waals surface area contributed by atoms with Crippen LogP contribution in [0.2, 0.25) is 0 Å². The molecule has 3 rings (SSSR count). The van der Waals surface area contributed by atoms with E-state index in [-0.39, 0.29) is 24.3 Å². The van der Waals surface area contributed by atoms with Gasteiger partial charge in [0.2, 0.25) is 10.0 Å². The molecule has 0 radical (unpaired) electrons. The maximum atomic E-state index is 14.3. The molecule has 1 aliphatic rings. The van der Waals surface area contributed by atoms with Crippen molar-refractivity contribution in [3.63, 3.8) is 0 Å². The Labute approximate surface area is 165 Å². The lowest BCUT2D eigenvalue weighted by Gasteiger charge is -2.29. The second-order valence-corrected chi connectivity index (χ2v) is 8.85. The number of amides is 1. The summed E-state index contributed by atoms with van der Waals surface area (Å²) in [6.45, 7) is 2.48. The van der Waals surface area contributed by atoms with Crippen LogP contribution in [0.5, 0.6) is 0 Å². The number of carbonyl (C=O) groups is 1. The fourth-order valence-electron chi connectivity index (χ4n) is 3.04. The van der Waals surface area contributed by atoms with Crippen LogP contribution in [-0.4, -0.2) is 31.7 Å². The number of carbonyl (C=O) groups excluding carboxylic acids is 1. The summed E-state index contributed by atoms with van der Waals surface area (Å²) in [7, 11) is -4.16. The highest BCUT2D eigenvalue weighted by Gasteiger charge is 2.31. The Bertz CT molecular complexity index is 1030. The van der Waals surface area contributed by atoms with Gasteiger partial charge >= 0.3 is 0 Å². The number of anilines is 1. The van der Waals surface area contributed by atoms with Crippen LogP contribution in [0, 0.1) is 29.2 Å². The number of hydrogen-bond acceptors (Lipinski definition) is 3. The third-order valence-corrected chi connectivity index (χ3v) is 6.71. The lowest BCUT2D eigenvalue weighted by atomic mass is 10.0. The van der Waals surface area contributed by atoms with E-state index in [4.69, 9.17) is 0 Å². The maximum Gasteiger partial charge on any atom is 0.255 e. The van der Waals surface area contributed by atoms with Gasteiger partial charge in [-0.3, -0.25) is 4.79 Å². The molecule has 2 aromatic carbocycles. The van der Waals surface area contributed by atoms with E-state index in [1.165, 1.54) is 0 Å². The molecule has 1 saturated heterocycles. The summed E-state index contributed by atoms with van der Waals surface area (Å²) in [6, 6.07) is 3.89. The maximum absolute atomic E-state index is 14.3. The highest BCUT2D eigenvalue weighted by atomic mass is 32.2. The summed E-state index contributed by atoms with van der Waals surface area (Å²) >= 11 is 0. The number of nitrogens with zero attached hydrogens (tertiary/aromatic N) is 1. The first kappa shape index (κ1) is 21.3. The van der Waals surface area contributed by atoms with E-state index in [1.807, 2.05) is 6.92 Å². The zero-order chi connectivity index (χ0) is 21.3. The van der Waals surface area contributed by atoms with Crippen molar-refractivity contribution in [1.82, 2.24) is 4.31 Å². The van der Waals surface area contributed by atoms with E-state index in [2.05, 4.69) is 5.32 Å². The Balaban J connectivity index is 1.87. The zero-order valence-corrected chi connectivity index (χ0v) is 16.2. The molecule has 0 bridgehead atoms. The van der Waals surface area contributed by atoms with E-state index in [0.717, 1.165) is 22.5 Å². The lowest BCUT2D eigenvalue weighted by molar-refractivity contribution is 0.102. The first-order chi connectivity index (χ1) is 13.6. The zero-order valence-electron chi connectivity index (χ0n) is 15.4. The van der Waals surface area contributed by atoms with Crippen molar-refractivity contribution in [2.75, 3.05) is 18.4 Å². The van der Waals surface area contributed by atoms with Crippen molar-refractivity contribution in [3.8, 4) is 0 Å². The molecule has 1 heterocycles. The van der Waals surface area contributed by atoms with Crippen molar-refractivity contribution in [2.45, 2.75) is 24.7 Å². The molecule has 0 spiro atoms. The predicted molar refractivity (Wildman–Crippen MR) is 97.8 cm³/mol. The smallest absolute Gasteiger partial charge is 0.255 e. The Kier molecular flexibility index (Phi) is 5.95. The summed E-state index contributed by atoms with van der Waals surface area (Å²) in [4.78, 5) is 11.7. The number of halogens is 4. The standard InChI is InChI=1S/C19H18F4N2O3S/c1-11-4-6-25(7-5-11)29(27,28)17-8-12(2-3-14(17)20)19(26)24-13-9-15(21)18(23)16(22)10-13/h2-3,8-11H,4-7H2,1H3,(H,24,26). The van der Waals surface area contributed by atoms with Crippen LogP contribution in [0.3, 0.4) is 0 Å². The molecule has 0 aromatic heterocycles. The van der Waals surface area contributed by atoms with Crippen LogP contribution in [0.1, 0.15) is 30.1 Å². The van der Waals surface area contributed by atoms with E-state index in [1.54, 1.807) is 0 Å². The quantitative estimate of drug-likeness (QED) is 0.591. The van der Waals surface area contributed by atoms with Crippen molar-refractivity contribution in [3.05, 3.63) is 59.2 Å². The Morgan fingerprint density at radius 2 is 1.59 bits per heavy atom. The second-order valence-electron chi connectivity index (χ2n) is 6.94. The summed E-state index contributed by atoms with van der Waals surface area (Å²) in [5.41, 5.74) is -0.606. The van der Waals surface area contributed by atoms with Gasteiger partial charge in [-0.1, -0.05) is 6.92 Å². The Morgan fingerprint density at radius 3 is 2.17 bits per heavy atom. The molecule has 29 heavy (non-hydrogen) atoms. The highest BCUT2D eigenvalue weighted by Crippen LogP contribution is 2.26. The van der Waals surface area contributed by atoms with Crippen LogP contribution >= 0.6 is 0 Å². The topological polar surface area (TPSA) is 66.5 Å². The van der Waals surface area contributed by atoms with Crippen molar-refractivity contribution in [1.29, 1.82) is 0 Å². The summed E-state index contributed by atoms with van der Waals surface area (Å²) < 4.78 is 80.6. The van der Waals surface area contributed by atoms with Crippen LogP contribution in [-0.2, 0) is 10.0 Å². The average molecular weight is 430 g/mol. The predicted octanol–water partition coefficient (Wildman–Crippen LogP) is 3.92.